The Kier molecular flexibility index (Phi) is 2.79. The Bertz CT molecular complexity index is 247. The Hall–Kier alpha value is -0.920. The smallest absolute Gasteiger partial charge is 0.177 e. The van der Waals surface area contributed by atoms with Crippen molar-refractivity contribution < 1.29 is 4.79 Å². The maximum Gasteiger partial charge on any atom is 0.177 e. The first-order chi connectivity index (χ1) is 5.65. The minimum Gasteiger partial charge on any atom is -0.293 e. The summed E-state index contributed by atoms with van der Waals surface area (Å²) in [4.78, 5) is 15.3. The number of nitrogens with zero attached hydrogens (tertiary/aromatic N) is 1. The minimum atomic E-state index is 0.0532. The number of carbonyl (C=O) groups is 1. The molecule has 0 unspecified atom stereocenters. The summed E-state index contributed by atoms with van der Waals surface area (Å²) in [6.45, 7) is 5.41. The van der Waals surface area contributed by atoms with Gasteiger partial charge in [0.25, 0.3) is 0 Å². The normalized spacial score (nSPS) is 19.6. The van der Waals surface area contributed by atoms with Crippen molar-refractivity contribution in [2.45, 2.75) is 33.6 Å². The Morgan fingerprint density at radius 1 is 1.42 bits per heavy atom. The van der Waals surface area contributed by atoms with Gasteiger partial charge in [0.05, 0.1) is 0 Å². The molecule has 0 bridgehead atoms. The van der Waals surface area contributed by atoms with Gasteiger partial charge in [0.2, 0.25) is 0 Å². The highest BCUT2D eigenvalue weighted by Gasteiger charge is 2.24. The Balaban J connectivity index is 2.68. The van der Waals surface area contributed by atoms with Crippen molar-refractivity contribution in [2.24, 2.45) is 10.9 Å². The van der Waals surface area contributed by atoms with E-state index in [9.17, 15) is 4.79 Å². The number of Topliss-reactive ketones (excluding diaryl/α,β-unsaturated/α-hetero) is 1. The van der Waals surface area contributed by atoms with Crippen LogP contribution in [0, 0.1) is 5.92 Å². The monoisotopic (exact) mass is 165 g/mol. The Morgan fingerprint density at radius 3 is 2.33 bits per heavy atom. The summed E-state index contributed by atoms with van der Waals surface area (Å²) in [7, 11) is 0. The van der Waals surface area contributed by atoms with E-state index in [0.717, 1.165) is 5.71 Å². The second kappa shape index (κ2) is 3.65. The van der Waals surface area contributed by atoms with Crippen LogP contribution in [0.15, 0.2) is 16.8 Å². The third-order valence-electron chi connectivity index (χ3n) is 2.10. The first-order valence-electron chi connectivity index (χ1n) is 4.37. The fourth-order valence-electron chi connectivity index (χ4n) is 1.13. The third kappa shape index (κ3) is 2.29. The van der Waals surface area contributed by atoms with Crippen LogP contribution in [-0.4, -0.2) is 11.5 Å². The van der Waals surface area contributed by atoms with Crippen molar-refractivity contribution in [1.29, 1.82) is 0 Å². The lowest BCUT2D eigenvalue weighted by Crippen LogP contribution is -1.99. The van der Waals surface area contributed by atoms with Crippen molar-refractivity contribution in [1.82, 2.24) is 0 Å². The lowest BCUT2D eigenvalue weighted by atomic mass is 10.2. The number of hydrogen-bond acceptors (Lipinski definition) is 2. The third-order valence-corrected chi connectivity index (χ3v) is 2.10. The average molecular weight is 165 g/mol. The molecule has 1 aliphatic rings. The molecule has 0 aromatic rings. The van der Waals surface area contributed by atoms with Gasteiger partial charge in [-0.3, -0.25) is 9.79 Å². The van der Waals surface area contributed by atoms with E-state index in [4.69, 9.17) is 0 Å². The molecule has 0 atom stereocenters. The van der Waals surface area contributed by atoms with Gasteiger partial charge in [-0.05, 0) is 32.6 Å². The van der Waals surface area contributed by atoms with E-state index in [0.29, 0.717) is 11.6 Å². The number of hydrogen-bond donors (Lipinski definition) is 0. The van der Waals surface area contributed by atoms with E-state index < -0.39 is 0 Å². The van der Waals surface area contributed by atoms with Crippen LogP contribution in [0.3, 0.4) is 0 Å². The first-order valence-corrected chi connectivity index (χ1v) is 4.37. The standard InChI is InChI=1S/C10H15NO/c1-4-10(8(3)12)11-7(2)9-5-6-9/h4,9H,5-6H2,1-3H3/b10-4-,11-7+. The molecule has 1 fully saturated rings. The van der Waals surface area contributed by atoms with Gasteiger partial charge in [-0.2, -0.15) is 0 Å². The quantitative estimate of drug-likeness (QED) is 0.466. The molecule has 12 heavy (non-hydrogen) atoms. The Morgan fingerprint density at radius 2 is 2.00 bits per heavy atom. The summed E-state index contributed by atoms with van der Waals surface area (Å²) in [6.07, 6.45) is 4.25. The fraction of sp³-hybridized carbons (Fsp3) is 0.600. The number of rotatable bonds is 3. The van der Waals surface area contributed by atoms with E-state index >= 15 is 0 Å². The summed E-state index contributed by atoms with van der Waals surface area (Å²) in [6, 6.07) is 0. The topological polar surface area (TPSA) is 29.4 Å². The van der Waals surface area contributed by atoms with Crippen molar-refractivity contribution >= 4 is 11.5 Å². The van der Waals surface area contributed by atoms with Gasteiger partial charge in [-0.15, -0.1) is 0 Å². The van der Waals surface area contributed by atoms with Crippen molar-refractivity contribution in [3.05, 3.63) is 11.8 Å². The van der Waals surface area contributed by atoms with Gasteiger partial charge in [0, 0.05) is 12.6 Å². The molecule has 2 heteroatoms. The highest BCUT2D eigenvalue weighted by molar-refractivity contribution is 5.97. The van der Waals surface area contributed by atoms with Crippen LogP contribution >= 0.6 is 0 Å². The number of carbonyl (C=O) groups excluding carboxylic acids is 1. The molecule has 0 amide bonds. The van der Waals surface area contributed by atoms with E-state index in [-0.39, 0.29) is 5.78 Å². The summed E-state index contributed by atoms with van der Waals surface area (Å²) in [5.74, 6) is 0.705. The zero-order chi connectivity index (χ0) is 9.14. The summed E-state index contributed by atoms with van der Waals surface area (Å²) in [5, 5.41) is 0. The highest BCUT2D eigenvalue weighted by atomic mass is 16.1. The van der Waals surface area contributed by atoms with Crippen molar-refractivity contribution in [3.8, 4) is 0 Å². The van der Waals surface area contributed by atoms with Crippen LogP contribution in [-0.2, 0) is 4.79 Å². The molecule has 0 saturated heterocycles. The van der Waals surface area contributed by atoms with Crippen LogP contribution in [0.25, 0.3) is 0 Å². The molecule has 1 rings (SSSR count). The second-order valence-corrected chi connectivity index (χ2v) is 3.26. The summed E-state index contributed by atoms with van der Waals surface area (Å²) in [5.41, 5.74) is 1.71. The van der Waals surface area contributed by atoms with Gasteiger partial charge in [-0.25, -0.2) is 0 Å². The van der Waals surface area contributed by atoms with Gasteiger partial charge >= 0.3 is 0 Å². The van der Waals surface area contributed by atoms with Gasteiger partial charge in [0.15, 0.2) is 5.78 Å². The fourth-order valence-corrected chi connectivity index (χ4v) is 1.13. The van der Waals surface area contributed by atoms with Gasteiger partial charge in [-0.1, -0.05) is 6.08 Å². The molecule has 0 aromatic heterocycles. The van der Waals surface area contributed by atoms with E-state index in [2.05, 4.69) is 4.99 Å². The Labute approximate surface area is 73.4 Å². The molecule has 0 aromatic carbocycles. The molecule has 1 aliphatic carbocycles. The SMILES string of the molecule is C/C=C(\N=C(/C)C1CC1)C(C)=O. The maximum atomic E-state index is 11.0. The first kappa shape index (κ1) is 9.17. The second-order valence-electron chi connectivity index (χ2n) is 3.26. The lowest BCUT2D eigenvalue weighted by molar-refractivity contribution is -0.113. The van der Waals surface area contributed by atoms with Crippen LogP contribution in [0.2, 0.25) is 0 Å². The number of aliphatic imine (C=N–C) groups is 1. The van der Waals surface area contributed by atoms with Crippen molar-refractivity contribution in [2.75, 3.05) is 0 Å². The maximum absolute atomic E-state index is 11.0. The summed E-state index contributed by atoms with van der Waals surface area (Å²) >= 11 is 0. The van der Waals surface area contributed by atoms with Gasteiger partial charge in [0.1, 0.15) is 5.70 Å². The van der Waals surface area contributed by atoms with Crippen molar-refractivity contribution in [3.63, 3.8) is 0 Å². The molecule has 0 radical (unpaired) electrons. The van der Waals surface area contributed by atoms with Crippen LogP contribution < -0.4 is 0 Å². The zero-order valence-electron chi connectivity index (χ0n) is 7.92. The molecule has 2 nitrogen and oxygen atoms in total. The predicted octanol–water partition coefficient (Wildman–Crippen LogP) is 2.35. The lowest BCUT2D eigenvalue weighted by Gasteiger charge is -1.98. The predicted molar refractivity (Wildman–Crippen MR) is 50.3 cm³/mol. The molecule has 1 saturated carbocycles. The molecular formula is C10H15NO. The van der Waals surface area contributed by atoms with E-state index in [1.807, 2.05) is 13.8 Å². The van der Waals surface area contributed by atoms with E-state index in [1.54, 1.807) is 13.0 Å². The number of allylic oxidation sites excluding steroid dienone is 2. The highest BCUT2D eigenvalue weighted by Crippen LogP contribution is 2.30. The van der Waals surface area contributed by atoms with E-state index in [1.165, 1.54) is 12.8 Å². The van der Waals surface area contributed by atoms with Gasteiger partial charge < -0.3 is 0 Å². The molecular weight excluding hydrogens is 150 g/mol. The molecule has 0 N–H and O–H groups in total. The van der Waals surface area contributed by atoms with Crippen LogP contribution in [0.5, 0.6) is 0 Å². The number of ketones is 1. The molecule has 66 valence electrons. The zero-order valence-corrected chi connectivity index (χ0v) is 7.92. The summed E-state index contributed by atoms with van der Waals surface area (Å²) < 4.78 is 0. The molecule has 0 heterocycles. The molecule has 0 aliphatic heterocycles. The minimum absolute atomic E-state index is 0.0532. The largest absolute Gasteiger partial charge is 0.293 e. The van der Waals surface area contributed by atoms with Crippen LogP contribution in [0.1, 0.15) is 33.6 Å². The van der Waals surface area contributed by atoms with Crippen LogP contribution in [0.4, 0.5) is 0 Å². The molecule has 0 spiro atoms. The average Bonchev–Trinajstić information content (AvgIpc) is 2.80.